The number of hydrogen-bond donors (Lipinski definition) is 1. The molecule has 1 atom stereocenters. The van der Waals surface area contributed by atoms with Gasteiger partial charge in [-0.3, -0.25) is 29.4 Å². The zero-order chi connectivity index (χ0) is 43.0. The molecule has 1 N–H and O–H groups in total. The Bertz CT molecular complexity index is 2090. The second kappa shape index (κ2) is 19.6. The summed E-state index contributed by atoms with van der Waals surface area (Å²) < 4.78 is 30.4. The van der Waals surface area contributed by atoms with Crippen LogP contribution in [0.25, 0.3) is 0 Å². The Hall–Kier alpha value is -4.95. The van der Waals surface area contributed by atoms with Crippen molar-refractivity contribution in [2.75, 3.05) is 82.3 Å². The molecule has 3 aromatic carbocycles. The highest BCUT2D eigenvalue weighted by molar-refractivity contribution is 7.89. The molecule has 60 heavy (non-hydrogen) atoms. The van der Waals surface area contributed by atoms with Crippen LogP contribution in [0.4, 0.5) is 11.4 Å². The third-order valence-corrected chi connectivity index (χ3v) is 12.6. The van der Waals surface area contributed by atoms with Gasteiger partial charge in [-0.1, -0.05) is 18.2 Å². The molecule has 1 spiro atoms. The fourth-order valence-electron chi connectivity index (χ4n) is 9.27. The molecule has 3 aromatic rings. The van der Waals surface area contributed by atoms with Crippen molar-refractivity contribution in [3.05, 3.63) is 82.9 Å². The minimum atomic E-state index is -2.67. The summed E-state index contributed by atoms with van der Waals surface area (Å²) in [5.74, 6) is 0.486. The van der Waals surface area contributed by atoms with Gasteiger partial charge in [0.2, 0.25) is 11.8 Å². The van der Waals surface area contributed by atoms with E-state index in [4.69, 9.17) is 9.47 Å². The number of anilines is 2. The molecule has 13 nitrogen and oxygen atoms in total. The van der Waals surface area contributed by atoms with E-state index in [0.717, 1.165) is 74.9 Å². The van der Waals surface area contributed by atoms with Crippen LogP contribution in [-0.2, 0) is 26.0 Å². The molecule has 1 saturated carbocycles. The number of piperazine rings is 1. The van der Waals surface area contributed by atoms with Crippen molar-refractivity contribution in [2.45, 2.75) is 76.8 Å². The number of nitrogens with zero attached hydrogens (tertiary/aromatic N) is 4. The fourth-order valence-corrected chi connectivity index (χ4v) is 9.27. The molecule has 3 amide bonds. The molecule has 14 heteroatoms. The Morgan fingerprint density at radius 1 is 0.850 bits per heavy atom. The molecular weight excluding hydrogens is 783 g/mol. The summed E-state index contributed by atoms with van der Waals surface area (Å²) in [6, 6.07) is 20.3. The molecule has 7 rings (SSSR count). The van der Waals surface area contributed by atoms with Crippen molar-refractivity contribution in [3.63, 3.8) is 0 Å². The summed E-state index contributed by atoms with van der Waals surface area (Å²) in [5, 5.41) is 2.47. The Morgan fingerprint density at radius 3 is 2.08 bits per heavy atom. The van der Waals surface area contributed by atoms with Crippen LogP contribution in [0.2, 0.25) is 0 Å². The first kappa shape index (κ1) is 44.6. The number of imide groups is 1. The molecule has 4 aliphatic rings. The van der Waals surface area contributed by atoms with Crippen molar-refractivity contribution in [1.29, 1.82) is 0 Å². The van der Waals surface area contributed by atoms with Crippen molar-refractivity contribution in [1.82, 2.24) is 15.1 Å². The highest BCUT2D eigenvalue weighted by Gasteiger charge is 2.40. The molecular formula is C46H61N5O8S. The van der Waals surface area contributed by atoms with Crippen LogP contribution in [0.1, 0.15) is 96.1 Å². The summed E-state index contributed by atoms with van der Waals surface area (Å²) in [7, 11) is 0.685. The van der Waals surface area contributed by atoms with Crippen LogP contribution in [0.15, 0.2) is 60.7 Å². The maximum atomic E-state index is 13.5. The lowest BCUT2D eigenvalue weighted by atomic mass is 9.66. The number of amides is 3. The molecule has 1 unspecified atom stereocenters. The number of rotatable bonds is 11. The number of aldehydes is 1. The topological polar surface area (TPSA) is 146 Å². The van der Waals surface area contributed by atoms with Crippen LogP contribution in [0, 0.1) is 5.41 Å². The van der Waals surface area contributed by atoms with E-state index in [2.05, 4.69) is 44.3 Å². The molecule has 324 valence electrons. The first-order valence-corrected chi connectivity index (χ1v) is 23.5. The molecule has 4 fully saturated rings. The van der Waals surface area contributed by atoms with Crippen LogP contribution in [0.5, 0.6) is 11.5 Å². The second-order valence-electron chi connectivity index (χ2n) is 16.9. The van der Waals surface area contributed by atoms with Crippen LogP contribution >= 0.6 is 0 Å². The second-order valence-corrected chi connectivity index (χ2v) is 19.2. The van der Waals surface area contributed by atoms with E-state index >= 15 is 0 Å². The minimum absolute atomic E-state index is 0.177. The Labute approximate surface area is 355 Å². The summed E-state index contributed by atoms with van der Waals surface area (Å²) in [4.78, 5) is 58.8. The van der Waals surface area contributed by atoms with E-state index in [1.54, 1.807) is 25.1 Å². The number of sulfone groups is 1. The number of carbonyl (C=O) groups excluding carboxylic acids is 4. The highest BCUT2D eigenvalue weighted by atomic mass is 32.2. The van der Waals surface area contributed by atoms with Gasteiger partial charge in [0, 0.05) is 94.8 Å². The minimum Gasteiger partial charge on any atom is -0.493 e. The van der Waals surface area contributed by atoms with E-state index in [-0.39, 0.29) is 23.6 Å². The summed E-state index contributed by atoms with van der Waals surface area (Å²) in [6.07, 6.45) is 11.6. The quantitative estimate of drug-likeness (QED) is 0.187. The molecule has 0 radical (unpaired) electrons. The van der Waals surface area contributed by atoms with Gasteiger partial charge in [-0.15, -0.1) is 0 Å². The lowest BCUT2D eigenvalue weighted by molar-refractivity contribution is -0.134. The number of ether oxygens (including phenoxy) is 2. The lowest BCUT2D eigenvalue weighted by Crippen LogP contribution is -2.52. The van der Waals surface area contributed by atoms with Gasteiger partial charge in [-0.25, -0.2) is 8.42 Å². The number of benzene rings is 3. The summed E-state index contributed by atoms with van der Waals surface area (Å²) in [6.45, 7) is 8.68. The summed E-state index contributed by atoms with van der Waals surface area (Å²) in [5.41, 5.74) is 5.34. The van der Waals surface area contributed by atoms with Gasteiger partial charge in [-0.2, -0.15) is 0 Å². The van der Waals surface area contributed by atoms with E-state index < -0.39 is 9.84 Å². The predicted octanol–water partition coefficient (Wildman–Crippen LogP) is 5.71. The largest absolute Gasteiger partial charge is 0.493 e. The molecule has 3 aliphatic heterocycles. The molecule has 3 saturated heterocycles. The number of nitrogens with one attached hydrogen (secondary N) is 1. The van der Waals surface area contributed by atoms with Crippen molar-refractivity contribution >= 4 is 45.2 Å². The van der Waals surface area contributed by atoms with Gasteiger partial charge in [0.05, 0.1) is 25.2 Å². The first-order valence-electron chi connectivity index (χ1n) is 21.2. The summed E-state index contributed by atoms with van der Waals surface area (Å²) >= 11 is 0. The maximum Gasteiger partial charge on any atom is 0.254 e. The zero-order valence-corrected chi connectivity index (χ0v) is 36.6. The highest BCUT2D eigenvalue weighted by Crippen LogP contribution is 2.46. The van der Waals surface area contributed by atoms with Crippen molar-refractivity contribution in [3.8, 4) is 11.5 Å². The number of piperidine rings is 2. The van der Waals surface area contributed by atoms with E-state index in [1.165, 1.54) is 44.2 Å². The lowest BCUT2D eigenvalue weighted by Gasteiger charge is -2.49. The zero-order valence-electron chi connectivity index (χ0n) is 35.8. The van der Waals surface area contributed by atoms with Crippen molar-refractivity contribution < 1.29 is 37.1 Å². The van der Waals surface area contributed by atoms with Gasteiger partial charge in [-0.05, 0) is 111 Å². The van der Waals surface area contributed by atoms with Gasteiger partial charge >= 0.3 is 0 Å². The molecule has 3 heterocycles. The third kappa shape index (κ3) is 11.2. The van der Waals surface area contributed by atoms with Gasteiger partial charge in [0.1, 0.15) is 9.84 Å². The van der Waals surface area contributed by atoms with Crippen LogP contribution in [-0.4, -0.2) is 121 Å². The van der Waals surface area contributed by atoms with Gasteiger partial charge in [0.15, 0.2) is 17.8 Å². The third-order valence-electron chi connectivity index (χ3n) is 12.6. The number of hydrogen-bond acceptors (Lipinski definition) is 11. The van der Waals surface area contributed by atoms with Gasteiger partial charge in [0.25, 0.3) is 5.91 Å². The van der Waals surface area contributed by atoms with Crippen LogP contribution in [0.3, 0.4) is 0 Å². The maximum absolute atomic E-state index is 13.5. The van der Waals surface area contributed by atoms with E-state index in [0.29, 0.717) is 60.1 Å². The predicted molar refractivity (Wildman–Crippen MR) is 234 cm³/mol. The monoisotopic (exact) mass is 843 g/mol. The standard InChI is InChI=1S/C44H55N5O6.C2H6O2S/c1-4-55-40-27-31(5-13-39(40)54-3)29-46(2)43(53)38-11-10-36(28-33(38)30-50)49-25-23-48(24-26-49)35-15-17-44(18-16-35)19-21-47(22-20-44)34-8-6-32(7-9-34)37-12-14-41(51)45-42(37)52;1-5(2,3)4/h5-11,13,27-28,30,35,37H,4,12,14-26,29H2,1-3H3,(H,45,51,52);1-2H3. The van der Waals surface area contributed by atoms with Crippen molar-refractivity contribution in [2.24, 2.45) is 5.41 Å². The number of methoxy groups -OCH3 is 1. The Kier molecular flexibility index (Phi) is 14.6. The van der Waals surface area contributed by atoms with Gasteiger partial charge < -0.3 is 24.2 Å². The normalized spacial score (nSPS) is 19.9. The SMILES string of the molecule is CCOc1cc(CN(C)C(=O)c2ccc(N3CCN(C4CCC5(CC4)CCN(c4ccc(C6CCC(=O)NC6=O)cc4)CC5)CC3)cc2C=O)ccc1OC.CS(C)(=O)=O. The smallest absolute Gasteiger partial charge is 0.254 e. The first-order chi connectivity index (χ1) is 28.7. The molecule has 0 aromatic heterocycles. The average molecular weight is 844 g/mol. The van der Waals surface area contributed by atoms with Crippen LogP contribution < -0.4 is 24.6 Å². The Morgan fingerprint density at radius 2 is 1.48 bits per heavy atom. The van der Waals surface area contributed by atoms with E-state index in [1.807, 2.05) is 37.3 Å². The van der Waals surface area contributed by atoms with E-state index in [9.17, 15) is 27.6 Å². The number of carbonyl (C=O) groups is 4. The fraction of sp³-hybridized carbons (Fsp3) is 0.522. The molecule has 1 aliphatic carbocycles. The molecule has 0 bridgehead atoms. The average Bonchev–Trinajstić information content (AvgIpc) is 3.24. The Balaban J connectivity index is 0.00000114.